The summed E-state index contributed by atoms with van der Waals surface area (Å²) in [6.45, 7) is 4.65. The zero-order valence-corrected chi connectivity index (χ0v) is 19.5. The molecule has 156 valence electrons. The maximum Gasteiger partial charge on any atom is 0.193 e. The number of nitrogens with one attached hydrogen (secondary N) is 1. The van der Waals surface area contributed by atoms with E-state index < -0.39 is 0 Å². The normalized spacial score (nSPS) is 21.5. The van der Waals surface area contributed by atoms with E-state index in [1.165, 1.54) is 17.5 Å². The van der Waals surface area contributed by atoms with Crippen LogP contribution in [0.5, 0.6) is 0 Å². The third-order valence-electron chi connectivity index (χ3n) is 6.39. The van der Waals surface area contributed by atoms with E-state index in [1.54, 1.807) is 0 Å². The lowest BCUT2D eigenvalue weighted by molar-refractivity contribution is 0.0512. The average molecular weight is 505 g/mol. The molecule has 2 aromatic carbocycles. The molecule has 0 bridgehead atoms. The van der Waals surface area contributed by atoms with Crippen molar-refractivity contribution in [3.8, 4) is 0 Å². The van der Waals surface area contributed by atoms with E-state index >= 15 is 0 Å². The second-order valence-electron chi connectivity index (χ2n) is 8.00. The molecule has 2 aliphatic heterocycles. The first-order chi connectivity index (χ1) is 13.8. The zero-order chi connectivity index (χ0) is 19.2. The van der Waals surface area contributed by atoms with Crippen LogP contribution >= 0.6 is 24.0 Å². The molecule has 2 aliphatic rings. The van der Waals surface area contributed by atoms with E-state index in [-0.39, 0.29) is 29.4 Å². The fourth-order valence-corrected chi connectivity index (χ4v) is 4.65. The summed E-state index contributed by atoms with van der Waals surface area (Å²) in [4.78, 5) is 7.02. The molecule has 0 saturated carbocycles. The van der Waals surface area contributed by atoms with Gasteiger partial charge in [0, 0.05) is 51.2 Å². The van der Waals surface area contributed by atoms with Crippen LogP contribution in [0.25, 0.3) is 0 Å². The fourth-order valence-electron chi connectivity index (χ4n) is 4.65. The van der Waals surface area contributed by atoms with E-state index in [0.29, 0.717) is 5.92 Å². The molecule has 0 amide bonds. The van der Waals surface area contributed by atoms with Gasteiger partial charge in [-0.2, -0.15) is 0 Å². The lowest BCUT2D eigenvalue weighted by atomic mass is 9.74. The van der Waals surface area contributed by atoms with Crippen molar-refractivity contribution in [2.45, 2.75) is 30.6 Å². The van der Waals surface area contributed by atoms with E-state index in [9.17, 15) is 0 Å². The van der Waals surface area contributed by atoms with Gasteiger partial charge in [0.05, 0.1) is 0 Å². The van der Waals surface area contributed by atoms with Gasteiger partial charge in [0.25, 0.3) is 0 Å². The Kier molecular flexibility index (Phi) is 7.95. The predicted octanol–water partition coefficient (Wildman–Crippen LogP) is 4.42. The summed E-state index contributed by atoms with van der Waals surface area (Å²) in [5, 5.41) is 3.71. The standard InChI is InChI=1S/C24H31N3O.HI/c1-25-23(27-15-12-21(18-27)20-8-4-2-5-9-20)26-19-24(13-16-28-17-14-24)22-10-6-3-7-11-22;/h2-11,21H,12-19H2,1H3,(H,25,26);1H. The third kappa shape index (κ3) is 5.12. The molecule has 2 saturated heterocycles. The number of guanidine groups is 1. The summed E-state index contributed by atoms with van der Waals surface area (Å²) < 4.78 is 5.67. The van der Waals surface area contributed by atoms with E-state index in [1.807, 2.05) is 7.05 Å². The summed E-state index contributed by atoms with van der Waals surface area (Å²) in [5.74, 6) is 1.62. The SMILES string of the molecule is CN=C(NCC1(c2ccccc2)CCOCC1)N1CCC(c2ccccc2)C1.I. The van der Waals surface area contributed by atoms with Crippen LogP contribution in [0.3, 0.4) is 0 Å². The lowest BCUT2D eigenvalue weighted by Crippen LogP contribution is -2.48. The quantitative estimate of drug-likeness (QED) is 0.380. The highest BCUT2D eigenvalue weighted by Crippen LogP contribution is 2.34. The molecular formula is C24H32IN3O. The second kappa shape index (κ2) is 10.4. The number of hydrogen-bond donors (Lipinski definition) is 1. The summed E-state index contributed by atoms with van der Waals surface area (Å²) in [5.41, 5.74) is 2.96. The molecule has 4 nitrogen and oxygen atoms in total. The molecule has 0 aromatic heterocycles. The number of nitrogens with zero attached hydrogens (tertiary/aromatic N) is 2. The highest BCUT2D eigenvalue weighted by atomic mass is 127. The smallest absolute Gasteiger partial charge is 0.193 e. The summed E-state index contributed by atoms with van der Waals surface area (Å²) in [6.07, 6.45) is 3.28. The Morgan fingerprint density at radius 2 is 1.72 bits per heavy atom. The Morgan fingerprint density at radius 1 is 1.07 bits per heavy atom. The Labute approximate surface area is 191 Å². The maximum absolute atomic E-state index is 5.67. The van der Waals surface area contributed by atoms with Crippen LogP contribution < -0.4 is 5.32 Å². The van der Waals surface area contributed by atoms with Gasteiger partial charge in [-0.15, -0.1) is 24.0 Å². The molecule has 2 fully saturated rings. The lowest BCUT2D eigenvalue weighted by Gasteiger charge is -2.39. The van der Waals surface area contributed by atoms with Gasteiger partial charge in [0.2, 0.25) is 0 Å². The highest BCUT2D eigenvalue weighted by Gasteiger charge is 2.35. The fraction of sp³-hybridized carbons (Fsp3) is 0.458. The molecular weight excluding hydrogens is 473 g/mol. The summed E-state index contributed by atoms with van der Waals surface area (Å²) >= 11 is 0. The Balaban J connectivity index is 0.00000240. The molecule has 0 radical (unpaired) electrons. The van der Waals surface area contributed by atoms with Gasteiger partial charge in [-0.3, -0.25) is 4.99 Å². The van der Waals surface area contributed by atoms with Gasteiger partial charge in [0.1, 0.15) is 0 Å². The molecule has 1 unspecified atom stereocenters. The minimum atomic E-state index is 0. The number of rotatable bonds is 4. The van der Waals surface area contributed by atoms with E-state index in [0.717, 1.165) is 51.6 Å². The molecule has 5 heteroatoms. The molecule has 1 atom stereocenters. The van der Waals surface area contributed by atoms with Gasteiger partial charge < -0.3 is 15.0 Å². The third-order valence-corrected chi connectivity index (χ3v) is 6.39. The first kappa shape index (κ1) is 22.1. The monoisotopic (exact) mass is 505 g/mol. The van der Waals surface area contributed by atoms with Crippen LogP contribution in [-0.4, -0.2) is 50.8 Å². The van der Waals surface area contributed by atoms with E-state index in [2.05, 4.69) is 75.9 Å². The largest absolute Gasteiger partial charge is 0.381 e. The van der Waals surface area contributed by atoms with Gasteiger partial charge in [0.15, 0.2) is 5.96 Å². The molecule has 2 aromatic rings. The summed E-state index contributed by atoms with van der Waals surface area (Å²) in [6, 6.07) is 21.8. The van der Waals surface area contributed by atoms with Gasteiger partial charge in [-0.25, -0.2) is 0 Å². The van der Waals surface area contributed by atoms with Gasteiger partial charge in [-0.05, 0) is 30.4 Å². The molecule has 29 heavy (non-hydrogen) atoms. The number of aliphatic imine (C=N–C) groups is 1. The van der Waals surface area contributed by atoms with Crippen molar-refractivity contribution in [3.63, 3.8) is 0 Å². The molecule has 2 heterocycles. The van der Waals surface area contributed by atoms with Crippen LogP contribution in [0.4, 0.5) is 0 Å². The molecule has 0 spiro atoms. The predicted molar refractivity (Wildman–Crippen MR) is 130 cm³/mol. The van der Waals surface area contributed by atoms with Crippen molar-refractivity contribution in [1.29, 1.82) is 0 Å². The number of halogens is 1. The Bertz CT molecular complexity index is 775. The van der Waals surface area contributed by atoms with Crippen LogP contribution in [-0.2, 0) is 10.2 Å². The number of hydrogen-bond acceptors (Lipinski definition) is 2. The zero-order valence-electron chi connectivity index (χ0n) is 17.2. The number of benzene rings is 2. The molecule has 0 aliphatic carbocycles. The average Bonchev–Trinajstić information content (AvgIpc) is 3.26. The van der Waals surface area contributed by atoms with Crippen LogP contribution in [0.15, 0.2) is 65.7 Å². The second-order valence-corrected chi connectivity index (χ2v) is 8.00. The van der Waals surface area contributed by atoms with Crippen LogP contribution in [0, 0.1) is 0 Å². The van der Waals surface area contributed by atoms with Gasteiger partial charge in [-0.1, -0.05) is 60.7 Å². The Morgan fingerprint density at radius 3 is 2.38 bits per heavy atom. The summed E-state index contributed by atoms with van der Waals surface area (Å²) in [7, 11) is 1.90. The number of likely N-dealkylation sites (tertiary alicyclic amines) is 1. The first-order valence-electron chi connectivity index (χ1n) is 10.4. The highest BCUT2D eigenvalue weighted by molar-refractivity contribution is 14.0. The van der Waals surface area contributed by atoms with Gasteiger partial charge >= 0.3 is 0 Å². The molecule has 1 N–H and O–H groups in total. The minimum Gasteiger partial charge on any atom is -0.381 e. The van der Waals surface area contributed by atoms with Crippen molar-refractivity contribution < 1.29 is 4.74 Å². The van der Waals surface area contributed by atoms with Crippen molar-refractivity contribution in [2.24, 2.45) is 4.99 Å². The van der Waals surface area contributed by atoms with Crippen molar-refractivity contribution in [2.75, 3.05) is 39.9 Å². The topological polar surface area (TPSA) is 36.9 Å². The molecule has 4 rings (SSSR count). The van der Waals surface area contributed by atoms with Crippen molar-refractivity contribution >= 4 is 29.9 Å². The number of ether oxygens (including phenoxy) is 1. The van der Waals surface area contributed by atoms with Crippen molar-refractivity contribution in [3.05, 3.63) is 71.8 Å². The Hall–Kier alpha value is -1.60. The maximum atomic E-state index is 5.67. The first-order valence-corrected chi connectivity index (χ1v) is 10.4. The minimum absolute atomic E-state index is 0. The van der Waals surface area contributed by atoms with Crippen molar-refractivity contribution in [1.82, 2.24) is 10.2 Å². The van der Waals surface area contributed by atoms with E-state index in [4.69, 9.17) is 4.74 Å². The van der Waals surface area contributed by atoms with Crippen LogP contribution in [0.2, 0.25) is 0 Å². The van der Waals surface area contributed by atoms with Crippen LogP contribution in [0.1, 0.15) is 36.3 Å².